The Morgan fingerprint density at radius 3 is 2.44 bits per heavy atom. The van der Waals surface area contributed by atoms with Gasteiger partial charge in [-0.2, -0.15) is 21.6 Å². The molecule has 2 amide bonds. The molecule has 4 rings (SSSR count). The summed E-state index contributed by atoms with van der Waals surface area (Å²) in [7, 11) is -4.78. The van der Waals surface area contributed by atoms with Crippen molar-refractivity contribution in [3.05, 3.63) is 41.5 Å². The monoisotopic (exact) mass is 475 g/mol. The van der Waals surface area contributed by atoms with Gasteiger partial charge in [0.2, 0.25) is 6.29 Å². The van der Waals surface area contributed by atoms with Crippen molar-refractivity contribution < 1.29 is 49.7 Å². The number of halogens is 3. The van der Waals surface area contributed by atoms with E-state index in [1.54, 1.807) is 6.07 Å². The van der Waals surface area contributed by atoms with Crippen LogP contribution in [0.4, 0.5) is 13.2 Å². The standard InChI is InChI=1S/C19H16F3NO8S/c1-28-14-6-3-7-15(30-14)29-11-8-10-4-2-5-12-16(10)13(9-11)18(25)23(17(12)24)31-32(26,27)19(20,21)22/h2,4-5,8-9,14-15H,3,6-7H2,1H3. The fourth-order valence-corrected chi connectivity index (χ4v) is 3.92. The predicted octanol–water partition coefficient (Wildman–Crippen LogP) is 3.09. The summed E-state index contributed by atoms with van der Waals surface area (Å²) in [6.45, 7) is 0. The Kier molecular flexibility index (Phi) is 5.61. The molecule has 172 valence electrons. The Balaban J connectivity index is 1.72. The number of benzene rings is 2. The fraction of sp³-hybridized carbons (Fsp3) is 0.368. The molecule has 2 aromatic carbocycles. The van der Waals surface area contributed by atoms with E-state index < -0.39 is 45.1 Å². The first-order valence-corrected chi connectivity index (χ1v) is 10.7. The van der Waals surface area contributed by atoms with Gasteiger partial charge in [-0.25, -0.2) is 0 Å². The highest BCUT2D eigenvalue weighted by atomic mass is 32.2. The van der Waals surface area contributed by atoms with Crippen molar-refractivity contribution in [2.45, 2.75) is 37.4 Å². The number of imide groups is 1. The molecule has 0 radical (unpaired) electrons. The Hall–Kier alpha value is -2.74. The Morgan fingerprint density at radius 2 is 1.75 bits per heavy atom. The summed E-state index contributed by atoms with van der Waals surface area (Å²) in [4.78, 5) is 25.4. The van der Waals surface area contributed by atoms with E-state index in [0.29, 0.717) is 18.2 Å². The molecule has 1 saturated heterocycles. The predicted molar refractivity (Wildman–Crippen MR) is 101 cm³/mol. The summed E-state index contributed by atoms with van der Waals surface area (Å²) in [6, 6.07) is 6.96. The van der Waals surface area contributed by atoms with Gasteiger partial charge in [-0.15, -0.1) is 9.35 Å². The molecule has 2 atom stereocenters. The van der Waals surface area contributed by atoms with E-state index in [1.807, 2.05) is 0 Å². The lowest BCUT2D eigenvalue weighted by atomic mass is 9.94. The molecule has 13 heteroatoms. The number of ether oxygens (including phenoxy) is 3. The number of carbonyl (C=O) groups excluding carboxylic acids is 2. The molecule has 0 aliphatic carbocycles. The molecule has 9 nitrogen and oxygen atoms in total. The maximum absolute atomic E-state index is 12.8. The molecule has 0 N–H and O–H groups in total. The average Bonchev–Trinajstić information content (AvgIpc) is 2.74. The largest absolute Gasteiger partial charge is 0.525 e. The molecule has 2 aliphatic heterocycles. The van der Waals surface area contributed by atoms with Crippen molar-refractivity contribution in [2.24, 2.45) is 0 Å². The molecule has 2 aliphatic rings. The second-order valence-electron chi connectivity index (χ2n) is 7.03. The lowest BCUT2D eigenvalue weighted by Crippen LogP contribution is -2.44. The van der Waals surface area contributed by atoms with Gasteiger partial charge in [0.05, 0.1) is 11.1 Å². The minimum absolute atomic E-state index is 0.132. The number of nitrogens with zero attached hydrogens (tertiary/aromatic N) is 1. The number of methoxy groups -OCH3 is 1. The van der Waals surface area contributed by atoms with E-state index in [0.717, 1.165) is 6.42 Å². The van der Waals surface area contributed by atoms with Gasteiger partial charge in [-0.05, 0) is 36.4 Å². The van der Waals surface area contributed by atoms with Crippen molar-refractivity contribution in [3.8, 4) is 5.75 Å². The Morgan fingerprint density at radius 1 is 1.06 bits per heavy atom. The number of alkyl halides is 3. The molecular formula is C19H16F3NO8S. The lowest BCUT2D eigenvalue weighted by molar-refractivity contribution is -0.232. The SMILES string of the molecule is COC1CCCC(Oc2cc3c4c(cccc4c2)C(=O)N(OS(=O)(=O)C(F)(F)F)C3=O)O1. The average molecular weight is 475 g/mol. The van der Waals surface area contributed by atoms with E-state index in [4.69, 9.17) is 14.2 Å². The van der Waals surface area contributed by atoms with E-state index in [1.165, 1.54) is 31.4 Å². The van der Waals surface area contributed by atoms with Crippen LogP contribution in [0, 0.1) is 0 Å². The summed E-state index contributed by atoms with van der Waals surface area (Å²) < 4.78 is 81.5. The molecule has 0 aromatic heterocycles. The third-order valence-corrected chi connectivity index (χ3v) is 5.86. The van der Waals surface area contributed by atoms with Gasteiger partial charge >= 0.3 is 15.6 Å². The van der Waals surface area contributed by atoms with Crippen LogP contribution < -0.4 is 4.74 Å². The third kappa shape index (κ3) is 3.92. The molecule has 32 heavy (non-hydrogen) atoms. The number of hydrogen-bond acceptors (Lipinski definition) is 8. The molecule has 0 spiro atoms. The van der Waals surface area contributed by atoms with Crippen LogP contribution >= 0.6 is 0 Å². The maximum Gasteiger partial charge on any atom is 0.525 e. The highest BCUT2D eigenvalue weighted by Crippen LogP contribution is 2.36. The van der Waals surface area contributed by atoms with Crippen molar-refractivity contribution >= 4 is 32.7 Å². The van der Waals surface area contributed by atoms with Crippen LogP contribution in [0.15, 0.2) is 30.3 Å². The Labute approximate surface area is 179 Å². The van der Waals surface area contributed by atoms with Crippen LogP contribution in [0.1, 0.15) is 40.0 Å². The summed E-state index contributed by atoms with van der Waals surface area (Å²) in [6.07, 6.45) is 0.759. The first kappa shape index (κ1) is 22.5. The third-order valence-electron chi connectivity index (χ3n) is 4.95. The van der Waals surface area contributed by atoms with Crippen molar-refractivity contribution in [3.63, 3.8) is 0 Å². The summed E-state index contributed by atoms with van der Waals surface area (Å²) >= 11 is 0. The minimum atomic E-state index is -6.26. The van der Waals surface area contributed by atoms with Gasteiger partial charge in [0.15, 0.2) is 6.29 Å². The number of carbonyl (C=O) groups is 2. The quantitative estimate of drug-likeness (QED) is 0.480. The van der Waals surface area contributed by atoms with E-state index in [-0.39, 0.29) is 22.3 Å². The first-order chi connectivity index (χ1) is 15.0. The molecular weight excluding hydrogens is 459 g/mol. The molecule has 2 unspecified atom stereocenters. The van der Waals surface area contributed by atoms with E-state index in [9.17, 15) is 31.2 Å². The fourth-order valence-electron chi connectivity index (χ4n) is 3.50. The zero-order valence-electron chi connectivity index (χ0n) is 16.4. The smallest absolute Gasteiger partial charge is 0.465 e. The van der Waals surface area contributed by atoms with Gasteiger partial charge in [-0.1, -0.05) is 12.1 Å². The number of rotatable bonds is 5. The molecule has 1 fully saturated rings. The van der Waals surface area contributed by atoms with Gasteiger partial charge in [0.1, 0.15) is 5.75 Å². The zero-order chi connectivity index (χ0) is 23.3. The minimum Gasteiger partial charge on any atom is -0.465 e. The van der Waals surface area contributed by atoms with Crippen LogP contribution in [0.3, 0.4) is 0 Å². The van der Waals surface area contributed by atoms with Crippen LogP contribution in [-0.2, 0) is 23.9 Å². The molecule has 2 heterocycles. The summed E-state index contributed by atoms with van der Waals surface area (Å²) in [5.41, 5.74) is -6.29. The van der Waals surface area contributed by atoms with Crippen molar-refractivity contribution in [1.29, 1.82) is 0 Å². The Bertz CT molecular complexity index is 1200. The van der Waals surface area contributed by atoms with E-state index >= 15 is 0 Å². The highest BCUT2D eigenvalue weighted by molar-refractivity contribution is 7.87. The van der Waals surface area contributed by atoms with Crippen LogP contribution in [0.25, 0.3) is 10.8 Å². The van der Waals surface area contributed by atoms with Crippen molar-refractivity contribution in [2.75, 3.05) is 7.11 Å². The number of amides is 2. The second kappa shape index (κ2) is 7.99. The summed E-state index contributed by atoms with van der Waals surface area (Å²) in [5.74, 6) is -2.59. The zero-order valence-corrected chi connectivity index (χ0v) is 17.2. The van der Waals surface area contributed by atoms with Gasteiger partial charge in [-0.3, -0.25) is 9.59 Å². The molecule has 0 saturated carbocycles. The second-order valence-corrected chi connectivity index (χ2v) is 8.55. The summed E-state index contributed by atoms with van der Waals surface area (Å²) in [5, 5.41) is 0.106. The molecule has 0 bridgehead atoms. The van der Waals surface area contributed by atoms with Gasteiger partial charge in [0, 0.05) is 18.9 Å². The highest BCUT2D eigenvalue weighted by Gasteiger charge is 2.51. The van der Waals surface area contributed by atoms with Crippen LogP contribution in [-0.4, -0.2) is 50.5 Å². The van der Waals surface area contributed by atoms with Crippen LogP contribution in [0.2, 0.25) is 0 Å². The first-order valence-electron chi connectivity index (χ1n) is 9.33. The van der Waals surface area contributed by atoms with E-state index in [2.05, 4.69) is 4.28 Å². The maximum atomic E-state index is 12.8. The topological polar surface area (TPSA) is 108 Å². The van der Waals surface area contributed by atoms with Crippen LogP contribution in [0.5, 0.6) is 5.75 Å². The number of hydrogen-bond donors (Lipinski definition) is 0. The lowest BCUT2D eigenvalue weighted by Gasteiger charge is -2.30. The molecule has 2 aromatic rings. The normalized spacial score (nSPS) is 21.8. The number of hydroxylamine groups is 2. The van der Waals surface area contributed by atoms with Gasteiger partial charge < -0.3 is 14.2 Å². The van der Waals surface area contributed by atoms with Gasteiger partial charge in [0.25, 0.3) is 11.8 Å². The van der Waals surface area contributed by atoms with Crippen molar-refractivity contribution in [1.82, 2.24) is 5.06 Å².